The number of hydrogen-bond donors (Lipinski definition) is 1. The summed E-state index contributed by atoms with van der Waals surface area (Å²) in [4.78, 5) is 17.2. The number of pyridine rings is 1. The average Bonchev–Trinajstić information content (AvgIpc) is 3.24. The topological polar surface area (TPSA) is 94.0 Å². The van der Waals surface area contributed by atoms with Gasteiger partial charge in [-0.2, -0.15) is 5.10 Å². The Labute approximate surface area is 181 Å². The number of amides is 1. The smallest absolute Gasteiger partial charge is 0.267 e. The van der Waals surface area contributed by atoms with E-state index in [1.165, 1.54) is 23.5 Å². The van der Waals surface area contributed by atoms with Crippen LogP contribution >= 0.6 is 0 Å². The fraction of sp³-hybridized carbons (Fsp3) is 0.348. The molecule has 1 N–H and O–H groups in total. The number of sulfonamides is 1. The standard InChI is InChI=1S/C23H24N4O3S/c1-15-11-17(9-10-24-15)21-8-5-16-3-2-4-20(16)22(21)12-23(28)26-31(29,30)19-13-25-27(14-19)18-6-7-18/h5,8-11,13-14,18H,2-4,6-7,12H2,1H3,(H,26,28). The third-order valence-corrected chi connectivity index (χ3v) is 7.33. The summed E-state index contributed by atoms with van der Waals surface area (Å²) in [5, 5.41) is 4.13. The lowest BCUT2D eigenvalue weighted by Crippen LogP contribution is -2.32. The Kier molecular flexibility index (Phi) is 4.89. The van der Waals surface area contributed by atoms with Crippen molar-refractivity contribution in [2.75, 3.05) is 0 Å². The largest absolute Gasteiger partial charge is 0.274 e. The lowest BCUT2D eigenvalue weighted by atomic mass is 9.91. The molecule has 1 fully saturated rings. The molecule has 2 aromatic heterocycles. The fourth-order valence-electron chi connectivity index (χ4n) is 4.33. The summed E-state index contributed by atoms with van der Waals surface area (Å²) in [5.74, 6) is -0.536. The monoisotopic (exact) mass is 436 g/mol. The molecule has 0 radical (unpaired) electrons. The molecule has 2 aliphatic carbocycles. The highest BCUT2D eigenvalue weighted by atomic mass is 32.2. The molecule has 1 saturated carbocycles. The van der Waals surface area contributed by atoms with Gasteiger partial charge in [-0.15, -0.1) is 0 Å². The summed E-state index contributed by atoms with van der Waals surface area (Å²) in [6.07, 6.45) is 9.50. The molecule has 0 spiro atoms. The van der Waals surface area contributed by atoms with E-state index >= 15 is 0 Å². The fourth-order valence-corrected chi connectivity index (χ4v) is 5.25. The van der Waals surface area contributed by atoms with Gasteiger partial charge in [-0.05, 0) is 79.0 Å². The van der Waals surface area contributed by atoms with Crippen LogP contribution in [0.2, 0.25) is 0 Å². The number of nitrogens with one attached hydrogen (secondary N) is 1. The summed E-state index contributed by atoms with van der Waals surface area (Å²) >= 11 is 0. The van der Waals surface area contributed by atoms with Crippen molar-refractivity contribution in [3.63, 3.8) is 0 Å². The molecule has 2 heterocycles. The highest BCUT2D eigenvalue weighted by Crippen LogP contribution is 2.35. The molecule has 0 atom stereocenters. The minimum Gasteiger partial charge on any atom is -0.274 e. The minimum absolute atomic E-state index is 0.00979. The molecule has 160 valence electrons. The molecule has 31 heavy (non-hydrogen) atoms. The van der Waals surface area contributed by atoms with Gasteiger partial charge in [-0.1, -0.05) is 12.1 Å². The van der Waals surface area contributed by atoms with Crippen molar-refractivity contribution < 1.29 is 13.2 Å². The molecule has 0 bridgehead atoms. The van der Waals surface area contributed by atoms with E-state index in [2.05, 4.69) is 20.9 Å². The van der Waals surface area contributed by atoms with Gasteiger partial charge >= 0.3 is 0 Å². The first-order chi connectivity index (χ1) is 14.9. The van der Waals surface area contributed by atoms with Crippen LogP contribution in [-0.4, -0.2) is 29.1 Å². The lowest BCUT2D eigenvalue weighted by Gasteiger charge is -2.15. The van der Waals surface area contributed by atoms with E-state index in [-0.39, 0.29) is 17.4 Å². The van der Waals surface area contributed by atoms with E-state index in [4.69, 9.17) is 0 Å². The second-order valence-electron chi connectivity index (χ2n) is 8.36. The number of carbonyl (C=O) groups is 1. The van der Waals surface area contributed by atoms with Gasteiger partial charge in [0.1, 0.15) is 4.90 Å². The molecule has 0 unspecified atom stereocenters. The van der Waals surface area contributed by atoms with E-state index in [1.54, 1.807) is 10.9 Å². The van der Waals surface area contributed by atoms with Crippen LogP contribution in [0, 0.1) is 6.92 Å². The van der Waals surface area contributed by atoms with Crippen LogP contribution in [0.25, 0.3) is 11.1 Å². The van der Waals surface area contributed by atoms with E-state index in [0.717, 1.165) is 54.5 Å². The van der Waals surface area contributed by atoms with Crippen LogP contribution in [0.3, 0.4) is 0 Å². The maximum absolute atomic E-state index is 12.9. The third-order valence-electron chi connectivity index (χ3n) is 6.00. The Morgan fingerprint density at radius 1 is 1.23 bits per heavy atom. The summed E-state index contributed by atoms with van der Waals surface area (Å²) in [6.45, 7) is 1.93. The van der Waals surface area contributed by atoms with Gasteiger partial charge in [0.2, 0.25) is 5.91 Å². The number of aromatic nitrogens is 3. The van der Waals surface area contributed by atoms with Crippen molar-refractivity contribution in [2.45, 2.75) is 56.4 Å². The van der Waals surface area contributed by atoms with Gasteiger partial charge in [0, 0.05) is 18.1 Å². The van der Waals surface area contributed by atoms with Gasteiger partial charge in [-0.3, -0.25) is 14.5 Å². The number of rotatable bonds is 6. The molecule has 3 aromatic rings. The second-order valence-corrected chi connectivity index (χ2v) is 10.0. The summed E-state index contributed by atoms with van der Waals surface area (Å²) in [7, 11) is -3.96. The van der Waals surface area contributed by atoms with E-state index in [0.29, 0.717) is 0 Å². The third kappa shape index (κ3) is 3.99. The van der Waals surface area contributed by atoms with Crippen LogP contribution in [0.1, 0.15) is 47.7 Å². The van der Waals surface area contributed by atoms with Gasteiger partial charge in [0.15, 0.2) is 0 Å². The van der Waals surface area contributed by atoms with Crippen molar-refractivity contribution in [3.8, 4) is 11.1 Å². The van der Waals surface area contributed by atoms with Crippen molar-refractivity contribution in [1.82, 2.24) is 19.5 Å². The second kappa shape index (κ2) is 7.60. The molecule has 0 saturated heterocycles. The zero-order chi connectivity index (χ0) is 21.6. The summed E-state index contributed by atoms with van der Waals surface area (Å²) in [6, 6.07) is 8.35. The number of nitrogens with zero attached hydrogens (tertiary/aromatic N) is 3. The molecular weight excluding hydrogens is 412 g/mol. The average molecular weight is 437 g/mol. The van der Waals surface area contributed by atoms with E-state index in [1.807, 2.05) is 25.1 Å². The predicted molar refractivity (Wildman–Crippen MR) is 116 cm³/mol. The first kappa shape index (κ1) is 19.9. The Balaban J connectivity index is 1.43. The van der Waals surface area contributed by atoms with Crippen molar-refractivity contribution in [2.24, 2.45) is 0 Å². The Bertz CT molecular complexity index is 1280. The van der Waals surface area contributed by atoms with Gasteiger partial charge < -0.3 is 0 Å². The Hall–Kier alpha value is -3.00. The maximum atomic E-state index is 12.9. The van der Waals surface area contributed by atoms with Gasteiger partial charge in [-0.25, -0.2) is 13.1 Å². The van der Waals surface area contributed by atoms with Crippen molar-refractivity contribution in [3.05, 3.63) is 65.2 Å². The quantitative estimate of drug-likeness (QED) is 0.641. The van der Waals surface area contributed by atoms with Crippen LogP contribution in [0.5, 0.6) is 0 Å². The number of hydrogen-bond acceptors (Lipinski definition) is 5. The zero-order valence-electron chi connectivity index (χ0n) is 17.3. The highest BCUT2D eigenvalue weighted by molar-refractivity contribution is 7.90. The normalized spacial score (nSPS) is 15.6. The molecule has 8 heteroatoms. The van der Waals surface area contributed by atoms with Crippen molar-refractivity contribution in [1.29, 1.82) is 0 Å². The van der Waals surface area contributed by atoms with Crippen LogP contribution in [-0.2, 0) is 34.1 Å². The SMILES string of the molecule is Cc1cc(-c2ccc3c(c2CC(=O)NS(=O)(=O)c2cnn(C4CC4)c2)CCC3)ccn1. The van der Waals surface area contributed by atoms with E-state index < -0.39 is 15.9 Å². The van der Waals surface area contributed by atoms with Crippen LogP contribution < -0.4 is 4.72 Å². The van der Waals surface area contributed by atoms with Crippen molar-refractivity contribution >= 4 is 15.9 Å². The first-order valence-corrected chi connectivity index (χ1v) is 12.1. The molecule has 5 rings (SSSR count). The molecule has 1 amide bonds. The molecular formula is C23H24N4O3S. The Morgan fingerprint density at radius 2 is 2.06 bits per heavy atom. The number of benzene rings is 1. The number of fused-ring (bicyclic) bond motifs is 1. The highest BCUT2D eigenvalue weighted by Gasteiger charge is 2.28. The molecule has 2 aliphatic rings. The molecule has 0 aliphatic heterocycles. The van der Waals surface area contributed by atoms with E-state index in [9.17, 15) is 13.2 Å². The minimum atomic E-state index is -3.96. The van der Waals surface area contributed by atoms with Gasteiger partial charge in [0.25, 0.3) is 10.0 Å². The maximum Gasteiger partial charge on any atom is 0.267 e. The van der Waals surface area contributed by atoms with Crippen LogP contribution in [0.15, 0.2) is 47.8 Å². The summed E-state index contributed by atoms with van der Waals surface area (Å²) in [5.41, 5.74) is 6.15. The van der Waals surface area contributed by atoms with Gasteiger partial charge in [0.05, 0.1) is 18.7 Å². The number of aryl methyl sites for hydroxylation is 2. The number of carbonyl (C=O) groups excluding carboxylic acids is 1. The Morgan fingerprint density at radius 3 is 2.84 bits per heavy atom. The predicted octanol–water partition coefficient (Wildman–Crippen LogP) is 3.12. The first-order valence-electron chi connectivity index (χ1n) is 10.6. The zero-order valence-corrected chi connectivity index (χ0v) is 18.2. The lowest BCUT2D eigenvalue weighted by molar-refractivity contribution is -0.118. The molecule has 1 aromatic carbocycles. The summed E-state index contributed by atoms with van der Waals surface area (Å²) < 4.78 is 29.4. The van der Waals surface area contributed by atoms with Crippen LogP contribution in [0.4, 0.5) is 0 Å². The molecule has 7 nitrogen and oxygen atoms in total.